The number of allylic oxidation sites excluding steroid dienone is 1. The van der Waals surface area contributed by atoms with E-state index in [0.29, 0.717) is 18.3 Å². The van der Waals surface area contributed by atoms with Crippen molar-refractivity contribution >= 4 is 23.4 Å². The van der Waals surface area contributed by atoms with Crippen LogP contribution >= 0.6 is 0 Å². The van der Waals surface area contributed by atoms with Crippen LogP contribution in [0.5, 0.6) is 0 Å². The number of hydrogen-bond donors (Lipinski definition) is 3. The van der Waals surface area contributed by atoms with Crippen LogP contribution in [0.2, 0.25) is 0 Å². The first-order chi connectivity index (χ1) is 12.1. The summed E-state index contributed by atoms with van der Waals surface area (Å²) >= 11 is 0. The summed E-state index contributed by atoms with van der Waals surface area (Å²) in [4.78, 5) is 30.2. The number of aldehydes is 1. The van der Waals surface area contributed by atoms with E-state index in [9.17, 15) is 9.59 Å². The van der Waals surface area contributed by atoms with Gasteiger partial charge in [-0.3, -0.25) is 4.79 Å². The van der Waals surface area contributed by atoms with Crippen LogP contribution < -0.4 is 5.32 Å². The summed E-state index contributed by atoms with van der Waals surface area (Å²) in [6.45, 7) is 0. The fourth-order valence-corrected chi connectivity index (χ4v) is 3.32. The van der Waals surface area contributed by atoms with Crippen molar-refractivity contribution in [2.45, 2.75) is 12.0 Å². The van der Waals surface area contributed by atoms with Crippen molar-refractivity contribution < 1.29 is 14.7 Å². The zero-order valence-electron chi connectivity index (χ0n) is 13.2. The monoisotopic (exact) mass is 333 g/mol. The molecule has 6 heteroatoms. The molecule has 0 fully saturated rings. The zero-order valence-corrected chi connectivity index (χ0v) is 13.2. The van der Waals surface area contributed by atoms with Crippen LogP contribution in [0, 0.1) is 0 Å². The summed E-state index contributed by atoms with van der Waals surface area (Å²) in [5, 5.41) is 12.4. The Kier molecular flexibility index (Phi) is 3.39. The Balaban J connectivity index is 1.80. The molecule has 0 unspecified atom stereocenters. The molecule has 0 radical (unpaired) electrons. The van der Waals surface area contributed by atoms with Crippen LogP contribution in [0.25, 0.3) is 22.2 Å². The van der Waals surface area contributed by atoms with Gasteiger partial charge in [0.2, 0.25) is 0 Å². The Hall–Kier alpha value is -3.41. The van der Waals surface area contributed by atoms with Gasteiger partial charge >= 0.3 is 6.09 Å². The predicted octanol–water partition coefficient (Wildman–Crippen LogP) is 3.00. The summed E-state index contributed by atoms with van der Waals surface area (Å²) in [5.74, 6) is 0. The number of nitrogens with one attached hydrogen (secondary N) is 2. The Bertz CT molecular complexity index is 1020. The van der Waals surface area contributed by atoms with E-state index < -0.39 is 11.6 Å². The molecule has 4 rings (SSSR count). The molecule has 0 spiro atoms. The highest BCUT2D eigenvalue weighted by molar-refractivity contribution is 5.83. The first kappa shape index (κ1) is 15.1. The summed E-state index contributed by atoms with van der Waals surface area (Å²) in [7, 11) is 0. The molecule has 1 aromatic carbocycles. The molecule has 3 aromatic rings. The molecule has 1 aliphatic carbocycles. The SMILES string of the molecule is O=C[C@]1(NC(=O)O)C=CCc2cc(-c3cnc4[nH]ccc4c3)ccc21. The van der Waals surface area contributed by atoms with Gasteiger partial charge in [-0.1, -0.05) is 30.4 Å². The highest BCUT2D eigenvalue weighted by Gasteiger charge is 2.35. The molecule has 0 aliphatic heterocycles. The van der Waals surface area contributed by atoms with Crippen molar-refractivity contribution in [2.75, 3.05) is 0 Å². The van der Waals surface area contributed by atoms with Crippen LogP contribution in [0.15, 0.2) is 54.9 Å². The van der Waals surface area contributed by atoms with E-state index in [1.54, 1.807) is 18.3 Å². The molecule has 2 heterocycles. The van der Waals surface area contributed by atoms with Gasteiger partial charge in [0.25, 0.3) is 0 Å². The maximum Gasteiger partial charge on any atom is 0.405 e. The minimum atomic E-state index is -1.33. The number of carboxylic acid groups (broad SMARTS) is 1. The maximum atomic E-state index is 11.7. The van der Waals surface area contributed by atoms with Crippen molar-refractivity contribution in [3.8, 4) is 11.1 Å². The second kappa shape index (κ2) is 5.59. The van der Waals surface area contributed by atoms with E-state index in [2.05, 4.69) is 15.3 Å². The van der Waals surface area contributed by atoms with Gasteiger partial charge in [-0.2, -0.15) is 0 Å². The van der Waals surface area contributed by atoms with Gasteiger partial charge in [0.15, 0.2) is 6.29 Å². The van der Waals surface area contributed by atoms with Crippen molar-refractivity contribution in [1.29, 1.82) is 0 Å². The highest BCUT2D eigenvalue weighted by atomic mass is 16.4. The Labute approximate surface area is 143 Å². The van der Waals surface area contributed by atoms with Crippen molar-refractivity contribution in [3.63, 3.8) is 0 Å². The molecule has 0 saturated carbocycles. The zero-order chi connectivity index (χ0) is 17.4. The minimum absolute atomic E-state index is 0.628. The second-order valence-corrected chi connectivity index (χ2v) is 6.03. The fourth-order valence-electron chi connectivity index (χ4n) is 3.32. The van der Waals surface area contributed by atoms with E-state index in [1.165, 1.54) is 0 Å². The largest absolute Gasteiger partial charge is 0.465 e. The molecule has 3 N–H and O–H groups in total. The number of aromatic nitrogens is 2. The number of carbonyl (C=O) groups excluding carboxylic acids is 1. The van der Waals surface area contributed by atoms with Gasteiger partial charge in [0, 0.05) is 23.3 Å². The topological polar surface area (TPSA) is 95.1 Å². The van der Waals surface area contributed by atoms with E-state index in [0.717, 1.165) is 27.7 Å². The first-order valence-corrected chi connectivity index (χ1v) is 7.83. The standard InChI is InChI=1S/C19H15N3O3/c23-11-19(22-18(24)25)6-1-2-13-8-12(3-4-16(13)19)15-9-14-5-7-20-17(14)21-10-15/h1,3-11,22H,2H2,(H,20,21)(H,24,25)/t19-/m1/s1. The maximum absolute atomic E-state index is 11.7. The number of aromatic amines is 1. The van der Waals surface area contributed by atoms with Gasteiger partial charge in [-0.15, -0.1) is 0 Å². The number of carbonyl (C=O) groups is 2. The highest BCUT2D eigenvalue weighted by Crippen LogP contribution is 2.33. The Morgan fingerprint density at radius 1 is 1.28 bits per heavy atom. The average molecular weight is 333 g/mol. The van der Waals surface area contributed by atoms with Crippen molar-refractivity contribution in [2.24, 2.45) is 0 Å². The molecule has 0 saturated heterocycles. The molecular weight excluding hydrogens is 318 g/mol. The number of H-pyrrole nitrogens is 1. The number of benzene rings is 1. The normalized spacial score (nSPS) is 18.7. The Morgan fingerprint density at radius 2 is 2.16 bits per heavy atom. The molecular formula is C19H15N3O3. The van der Waals surface area contributed by atoms with Gasteiger partial charge in [0.05, 0.1) is 0 Å². The van der Waals surface area contributed by atoms with Crippen LogP contribution in [0.4, 0.5) is 4.79 Å². The lowest BCUT2D eigenvalue weighted by molar-refractivity contribution is -0.112. The quantitative estimate of drug-likeness (QED) is 0.507. The third-order valence-corrected chi connectivity index (χ3v) is 4.50. The predicted molar refractivity (Wildman–Crippen MR) is 93.3 cm³/mol. The lowest BCUT2D eigenvalue weighted by atomic mass is 9.81. The summed E-state index contributed by atoms with van der Waals surface area (Å²) in [6, 6.07) is 9.67. The van der Waals surface area contributed by atoms with E-state index in [1.807, 2.05) is 36.5 Å². The molecule has 1 atom stereocenters. The van der Waals surface area contributed by atoms with Crippen LogP contribution in [0.3, 0.4) is 0 Å². The summed E-state index contributed by atoms with van der Waals surface area (Å²) < 4.78 is 0. The third-order valence-electron chi connectivity index (χ3n) is 4.50. The molecule has 6 nitrogen and oxygen atoms in total. The van der Waals surface area contributed by atoms with Gasteiger partial charge < -0.3 is 15.4 Å². The van der Waals surface area contributed by atoms with Gasteiger partial charge in [-0.25, -0.2) is 9.78 Å². The van der Waals surface area contributed by atoms with Crippen LogP contribution in [0.1, 0.15) is 11.1 Å². The lowest BCUT2D eigenvalue weighted by Gasteiger charge is -2.30. The van der Waals surface area contributed by atoms with Crippen molar-refractivity contribution in [1.82, 2.24) is 15.3 Å². The molecule has 0 bridgehead atoms. The van der Waals surface area contributed by atoms with Crippen LogP contribution in [-0.4, -0.2) is 27.5 Å². The third kappa shape index (κ3) is 2.48. The number of nitrogens with zero attached hydrogens (tertiary/aromatic N) is 1. The lowest BCUT2D eigenvalue weighted by Crippen LogP contribution is -2.46. The number of amides is 1. The second-order valence-electron chi connectivity index (χ2n) is 6.03. The molecule has 25 heavy (non-hydrogen) atoms. The summed E-state index contributed by atoms with van der Waals surface area (Å²) in [5.41, 5.74) is 3.00. The minimum Gasteiger partial charge on any atom is -0.465 e. The average Bonchev–Trinajstić information content (AvgIpc) is 3.08. The number of pyridine rings is 1. The van der Waals surface area contributed by atoms with E-state index in [-0.39, 0.29) is 0 Å². The fraction of sp³-hybridized carbons (Fsp3) is 0.105. The van der Waals surface area contributed by atoms with Crippen molar-refractivity contribution in [3.05, 3.63) is 66.0 Å². The number of hydrogen-bond acceptors (Lipinski definition) is 3. The molecule has 1 aliphatic rings. The van der Waals surface area contributed by atoms with Gasteiger partial charge in [-0.05, 0) is 35.2 Å². The smallest absolute Gasteiger partial charge is 0.405 e. The summed E-state index contributed by atoms with van der Waals surface area (Å²) in [6.07, 6.45) is 7.07. The number of rotatable bonds is 3. The van der Waals surface area contributed by atoms with E-state index >= 15 is 0 Å². The molecule has 124 valence electrons. The molecule has 1 amide bonds. The van der Waals surface area contributed by atoms with E-state index in [4.69, 9.17) is 5.11 Å². The van der Waals surface area contributed by atoms with Crippen LogP contribution in [-0.2, 0) is 16.8 Å². The first-order valence-electron chi connectivity index (χ1n) is 7.83. The molecule has 2 aromatic heterocycles. The van der Waals surface area contributed by atoms with Gasteiger partial charge in [0.1, 0.15) is 11.2 Å². The number of fused-ring (bicyclic) bond motifs is 2. The Morgan fingerprint density at radius 3 is 2.96 bits per heavy atom.